The zero-order chi connectivity index (χ0) is 18.2. The summed E-state index contributed by atoms with van der Waals surface area (Å²) in [5.41, 5.74) is 3.08. The zero-order valence-corrected chi connectivity index (χ0v) is 19.2. The maximum atomic E-state index is 9.34. The Morgan fingerprint density at radius 3 is 2.33 bits per heavy atom. The molecule has 3 rings (SSSR count). The van der Waals surface area contributed by atoms with Gasteiger partial charge >= 0.3 is 0 Å². The Morgan fingerprint density at radius 1 is 0.963 bits per heavy atom. The number of likely N-dealkylation sites (tertiary alicyclic amines) is 1. The van der Waals surface area contributed by atoms with Gasteiger partial charge in [0.1, 0.15) is 31.5 Å². The summed E-state index contributed by atoms with van der Waals surface area (Å²) in [4.78, 5) is 0. The van der Waals surface area contributed by atoms with Crippen LogP contribution in [-0.2, 0) is 39.3 Å². The summed E-state index contributed by atoms with van der Waals surface area (Å²) in [5, 5.41) is 9.34. The molecule has 2 aromatic carbocycles. The largest absolute Gasteiger partial charge is 0.486 e. The van der Waals surface area contributed by atoms with Crippen LogP contribution in [0.3, 0.4) is 0 Å². The number of hydrogen-bond acceptors (Lipinski definition) is 2. The summed E-state index contributed by atoms with van der Waals surface area (Å²) >= 11 is 0. The van der Waals surface area contributed by atoms with Gasteiger partial charge < -0.3 is 9.22 Å². The first kappa shape index (κ1) is 22.1. The van der Waals surface area contributed by atoms with Crippen molar-refractivity contribution in [3.63, 3.8) is 0 Å². The molecule has 2 aromatic rings. The molecule has 0 amide bonds. The van der Waals surface area contributed by atoms with Crippen molar-refractivity contribution >= 4 is 0 Å². The number of rotatable bonds is 6. The topological polar surface area (TPSA) is 33.0 Å². The van der Waals surface area contributed by atoms with Crippen LogP contribution in [0.25, 0.3) is 0 Å². The summed E-state index contributed by atoms with van der Waals surface area (Å²) in [7, 11) is 0. The van der Waals surface area contributed by atoms with Gasteiger partial charge in [0.25, 0.3) is 0 Å². The molecule has 1 aliphatic rings. The van der Waals surface area contributed by atoms with E-state index in [9.17, 15) is 5.26 Å². The first-order valence-electron chi connectivity index (χ1n) is 9.74. The van der Waals surface area contributed by atoms with E-state index in [1.54, 1.807) is 0 Å². The van der Waals surface area contributed by atoms with Crippen molar-refractivity contribution < 1.29 is 41.9 Å². The summed E-state index contributed by atoms with van der Waals surface area (Å²) in [6.45, 7) is 7.17. The number of benzene rings is 2. The number of nitrogens with zero attached hydrogens (tertiary/aromatic N) is 2. The van der Waals surface area contributed by atoms with Crippen LogP contribution >= 0.6 is 0 Å². The summed E-state index contributed by atoms with van der Waals surface area (Å²) < 4.78 is 7.22. The number of aryl methyl sites for hydroxylation is 1. The van der Waals surface area contributed by atoms with Gasteiger partial charge in [0, 0.05) is 38.3 Å². The van der Waals surface area contributed by atoms with E-state index in [0.29, 0.717) is 12.2 Å². The van der Waals surface area contributed by atoms with Gasteiger partial charge in [-0.1, -0.05) is 42.5 Å². The smallest absolute Gasteiger partial charge is 0.140 e. The van der Waals surface area contributed by atoms with Crippen LogP contribution in [0.2, 0.25) is 0 Å². The molecule has 139 valence electrons. The third kappa shape index (κ3) is 6.14. The summed E-state index contributed by atoms with van der Waals surface area (Å²) in [5.74, 6) is 0.752. The van der Waals surface area contributed by atoms with Crippen molar-refractivity contribution in [2.24, 2.45) is 0 Å². The molecule has 4 heteroatoms. The minimum absolute atomic E-state index is 0. The molecule has 0 saturated carbocycles. The molecular weight excluding hydrogens is 409 g/mol. The Bertz CT molecular complexity index is 747. The molecule has 0 N–H and O–H groups in total. The summed E-state index contributed by atoms with van der Waals surface area (Å²) in [6, 6.07) is 18.8. The average Bonchev–Trinajstić information content (AvgIpc) is 2.89. The molecule has 1 radical (unpaired) electrons. The van der Waals surface area contributed by atoms with Crippen LogP contribution in [-0.4, -0.2) is 30.7 Å². The van der Waals surface area contributed by atoms with Gasteiger partial charge in [-0.05, 0) is 44.2 Å². The van der Waals surface area contributed by atoms with Crippen LogP contribution in [0.5, 0.6) is 5.75 Å². The molecule has 1 saturated heterocycles. The normalized spacial score (nSPS) is 15.9. The fourth-order valence-electron chi connectivity index (χ4n) is 4.06. The number of quaternary nitrogens is 1. The van der Waals surface area contributed by atoms with E-state index in [1.807, 2.05) is 25.1 Å². The molecule has 3 nitrogen and oxygen atoms in total. The molecule has 27 heavy (non-hydrogen) atoms. The van der Waals surface area contributed by atoms with Gasteiger partial charge in [0.2, 0.25) is 0 Å². The number of ether oxygens (including phenoxy) is 1. The SMILES string of the molecule is Cc1cccc(C#N)c1OCC[N+]1(Cc2ccccc2)CCCCCC1.[Y]. The first-order valence-corrected chi connectivity index (χ1v) is 9.74. The van der Waals surface area contributed by atoms with Crippen molar-refractivity contribution in [3.05, 3.63) is 65.2 Å². The van der Waals surface area contributed by atoms with E-state index in [2.05, 4.69) is 36.4 Å². The average molecular weight is 438 g/mol. The van der Waals surface area contributed by atoms with Crippen LogP contribution in [0, 0.1) is 18.3 Å². The maximum absolute atomic E-state index is 9.34. The second-order valence-electron chi connectivity index (χ2n) is 7.48. The maximum Gasteiger partial charge on any atom is 0.140 e. The summed E-state index contributed by atoms with van der Waals surface area (Å²) in [6.07, 6.45) is 5.26. The molecule has 0 spiro atoms. The minimum Gasteiger partial charge on any atom is -0.486 e. The van der Waals surface area contributed by atoms with Crippen molar-refractivity contribution in [2.75, 3.05) is 26.2 Å². The van der Waals surface area contributed by atoms with E-state index in [-0.39, 0.29) is 32.7 Å². The van der Waals surface area contributed by atoms with E-state index in [0.717, 1.165) is 28.9 Å². The Kier molecular flexibility index (Phi) is 8.96. The van der Waals surface area contributed by atoms with Crippen LogP contribution in [0.1, 0.15) is 42.4 Å². The van der Waals surface area contributed by atoms with E-state index >= 15 is 0 Å². The van der Waals surface area contributed by atoms with E-state index < -0.39 is 0 Å². The fraction of sp³-hybridized carbons (Fsp3) is 0.435. The molecule has 1 fully saturated rings. The van der Waals surface area contributed by atoms with Crippen molar-refractivity contribution in [1.82, 2.24) is 0 Å². The van der Waals surface area contributed by atoms with Crippen LogP contribution in [0.15, 0.2) is 48.5 Å². The van der Waals surface area contributed by atoms with Gasteiger partial charge in [0.05, 0.1) is 18.7 Å². The minimum atomic E-state index is 0. The molecule has 0 unspecified atom stereocenters. The molecule has 1 heterocycles. The van der Waals surface area contributed by atoms with Crippen LogP contribution < -0.4 is 4.74 Å². The Balaban J connectivity index is 0.00000261. The van der Waals surface area contributed by atoms with Gasteiger partial charge in [-0.2, -0.15) is 5.26 Å². The van der Waals surface area contributed by atoms with Gasteiger partial charge in [-0.3, -0.25) is 0 Å². The number of nitriles is 1. The molecule has 1 aliphatic heterocycles. The van der Waals surface area contributed by atoms with Crippen LogP contribution in [0.4, 0.5) is 0 Å². The van der Waals surface area contributed by atoms with Crippen molar-refractivity contribution in [1.29, 1.82) is 5.26 Å². The second kappa shape index (κ2) is 11.0. The second-order valence-corrected chi connectivity index (χ2v) is 7.48. The fourth-order valence-corrected chi connectivity index (χ4v) is 4.06. The zero-order valence-electron chi connectivity index (χ0n) is 16.4. The quantitative estimate of drug-likeness (QED) is 0.605. The Morgan fingerprint density at radius 2 is 1.67 bits per heavy atom. The molecule has 0 aromatic heterocycles. The third-order valence-corrected chi connectivity index (χ3v) is 5.52. The monoisotopic (exact) mass is 438 g/mol. The van der Waals surface area contributed by atoms with Gasteiger partial charge in [0.15, 0.2) is 0 Å². The van der Waals surface area contributed by atoms with Crippen molar-refractivity contribution in [3.8, 4) is 11.8 Å². The molecular formula is C23H29N2OY+. The molecule has 0 aliphatic carbocycles. The van der Waals surface area contributed by atoms with Gasteiger partial charge in [-0.15, -0.1) is 0 Å². The predicted octanol–water partition coefficient (Wildman–Crippen LogP) is 4.83. The van der Waals surface area contributed by atoms with Crippen molar-refractivity contribution in [2.45, 2.75) is 39.2 Å². The predicted molar refractivity (Wildman–Crippen MR) is 105 cm³/mol. The molecule has 0 bridgehead atoms. The number of hydrogen-bond donors (Lipinski definition) is 0. The standard InChI is InChI=1S/C23H29N2O.Y/c1-20-10-9-13-22(18-24)23(20)26-17-16-25(14-7-2-3-8-15-25)19-21-11-5-4-6-12-21;/h4-6,9-13H,2-3,7-8,14-17,19H2,1H3;/q+1;. The Hall–Kier alpha value is -1.21. The Labute approximate surface area is 188 Å². The van der Waals surface area contributed by atoms with Gasteiger partial charge in [-0.25, -0.2) is 0 Å². The first-order chi connectivity index (χ1) is 12.7. The third-order valence-electron chi connectivity index (χ3n) is 5.52. The van der Waals surface area contributed by atoms with E-state index in [4.69, 9.17) is 4.74 Å². The number of para-hydroxylation sites is 1. The molecule has 0 atom stereocenters. The van der Waals surface area contributed by atoms with E-state index in [1.165, 1.54) is 44.3 Å².